The molecule has 3 N–H and O–H groups in total. The Kier molecular flexibility index (Phi) is 5.43. The van der Waals surface area contributed by atoms with Crippen LogP contribution >= 0.6 is 0 Å². The third kappa shape index (κ3) is 4.00. The number of carbonyl (C=O) groups is 1. The maximum atomic E-state index is 12.6. The highest BCUT2D eigenvalue weighted by Gasteiger charge is 2.23. The van der Waals surface area contributed by atoms with E-state index in [1.807, 2.05) is 48.7 Å². The molecule has 0 atom stereocenters. The summed E-state index contributed by atoms with van der Waals surface area (Å²) >= 11 is 0. The molecule has 0 saturated heterocycles. The van der Waals surface area contributed by atoms with Crippen LogP contribution in [0.1, 0.15) is 25.7 Å². The number of H-pyrrole nitrogens is 2. The molecule has 1 aliphatic rings. The van der Waals surface area contributed by atoms with E-state index in [1.165, 1.54) is 0 Å². The summed E-state index contributed by atoms with van der Waals surface area (Å²) in [4.78, 5) is 29.5. The molecule has 5 heterocycles. The lowest BCUT2D eigenvalue weighted by Gasteiger charge is -2.11. The molecule has 8 nitrogen and oxygen atoms in total. The second kappa shape index (κ2) is 9.23. The molecule has 8 heteroatoms. The molecule has 1 amide bonds. The van der Waals surface area contributed by atoms with Crippen LogP contribution in [-0.4, -0.2) is 36.0 Å². The van der Waals surface area contributed by atoms with Gasteiger partial charge in [-0.05, 0) is 60.9 Å². The Balaban J connectivity index is 1.25. The van der Waals surface area contributed by atoms with Crippen LogP contribution in [0.15, 0.2) is 79.4 Å². The van der Waals surface area contributed by atoms with E-state index in [9.17, 15) is 4.79 Å². The predicted octanol–water partition coefficient (Wildman–Crippen LogP) is 6.36. The van der Waals surface area contributed by atoms with Crippen molar-refractivity contribution in [1.29, 1.82) is 0 Å². The predicted molar refractivity (Wildman–Crippen MR) is 148 cm³/mol. The molecule has 186 valence electrons. The first kappa shape index (κ1) is 22.4. The molecule has 5 aromatic heterocycles. The second-order valence-corrected chi connectivity index (χ2v) is 9.78. The lowest BCUT2D eigenvalue weighted by molar-refractivity contribution is -0.119. The maximum absolute atomic E-state index is 12.6. The molecule has 1 aliphatic carbocycles. The van der Waals surface area contributed by atoms with Crippen molar-refractivity contribution < 1.29 is 4.79 Å². The molecule has 1 aromatic carbocycles. The molecular formula is C30H25N7O. The number of rotatable bonds is 5. The molecule has 38 heavy (non-hydrogen) atoms. The summed E-state index contributed by atoms with van der Waals surface area (Å²) in [6.07, 6.45) is 11.3. The lowest BCUT2D eigenvalue weighted by Crippen LogP contribution is -2.20. The average Bonchev–Trinajstić information content (AvgIpc) is 3.73. The molecule has 1 fully saturated rings. The summed E-state index contributed by atoms with van der Waals surface area (Å²) < 4.78 is 0. The summed E-state index contributed by atoms with van der Waals surface area (Å²) in [6, 6.07) is 18.1. The van der Waals surface area contributed by atoms with E-state index in [0.717, 1.165) is 87.1 Å². The van der Waals surface area contributed by atoms with Crippen LogP contribution in [0.4, 0.5) is 5.69 Å². The highest BCUT2D eigenvalue weighted by Crippen LogP contribution is 2.34. The van der Waals surface area contributed by atoms with Crippen LogP contribution in [0.25, 0.3) is 55.7 Å². The van der Waals surface area contributed by atoms with Crippen molar-refractivity contribution >= 4 is 33.5 Å². The Hall–Kier alpha value is -4.85. The number of aromatic nitrogens is 6. The zero-order valence-electron chi connectivity index (χ0n) is 20.6. The summed E-state index contributed by atoms with van der Waals surface area (Å²) in [5, 5.41) is 12.8. The maximum Gasteiger partial charge on any atom is 0.227 e. The zero-order chi connectivity index (χ0) is 25.5. The van der Waals surface area contributed by atoms with E-state index in [0.29, 0.717) is 0 Å². The summed E-state index contributed by atoms with van der Waals surface area (Å²) in [7, 11) is 0. The quantitative estimate of drug-likeness (QED) is 0.256. The zero-order valence-corrected chi connectivity index (χ0v) is 20.6. The van der Waals surface area contributed by atoms with E-state index >= 15 is 0 Å². The summed E-state index contributed by atoms with van der Waals surface area (Å²) in [5.74, 6) is 0.194. The standard InChI is InChI=1S/C30H25N7O/c38-30(18-5-1-2-6-18)34-21-13-20(16-31-17-21)19-8-9-26-24(14-19)28(37-36-26)27-15-23-22(10-12-33-29(23)35-27)25-7-3-4-11-32-25/h3-4,7-18H,1-2,5-6H2,(H,33,35)(H,34,38)(H,36,37). The highest BCUT2D eigenvalue weighted by molar-refractivity contribution is 6.00. The van der Waals surface area contributed by atoms with Gasteiger partial charge in [0, 0.05) is 46.4 Å². The number of amides is 1. The Bertz CT molecular complexity index is 1780. The van der Waals surface area contributed by atoms with E-state index in [1.54, 1.807) is 18.6 Å². The Morgan fingerprint density at radius 3 is 2.68 bits per heavy atom. The molecule has 6 aromatic rings. The van der Waals surface area contributed by atoms with Crippen molar-refractivity contribution in [3.63, 3.8) is 0 Å². The van der Waals surface area contributed by atoms with Crippen LogP contribution in [-0.2, 0) is 4.79 Å². The third-order valence-electron chi connectivity index (χ3n) is 7.36. The van der Waals surface area contributed by atoms with Gasteiger partial charge in [0.1, 0.15) is 11.3 Å². The number of fused-ring (bicyclic) bond motifs is 2. The number of hydrogen-bond acceptors (Lipinski definition) is 5. The monoisotopic (exact) mass is 499 g/mol. The number of nitrogens with zero attached hydrogens (tertiary/aromatic N) is 4. The van der Waals surface area contributed by atoms with Gasteiger partial charge in [-0.3, -0.25) is 19.9 Å². The van der Waals surface area contributed by atoms with Gasteiger partial charge >= 0.3 is 0 Å². The largest absolute Gasteiger partial charge is 0.338 e. The molecule has 0 spiro atoms. The molecular weight excluding hydrogens is 474 g/mol. The topological polar surface area (TPSA) is 112 Å². The van der Waals surface area contributed by atoms with Gasteiger partial charge in [0.15, 0.2) is 0 Å². The number of anilines is 1. The number of aromatic amines is 2. The fraction of sp³-hybridized carbons (Fsp3) is 0.167. The van der Waals surface area contributed by atoms with E-state index in [4.69, 9.17) is 0 Å². The van der Waals surface area contributed by atoms with Gasteiger partial charge < -0.3 is 10.3 Å². The first-order valence-corrected chi connectivity index (χ1v) is 12.9. The molecule has 0 radical (unpaired) electrons. The fourth-order valence-electron chi connectivity index (χ4n) is 5.40. The molecule has 0 bridgehead atoms. The van der Waals surface area contributed by atoms with Crippen molar-refractivity contribution in [2.45, 2.75) is 25.7 Å². The summed E-state index contributed by atoms with van der Waals surface area (Å²) in [5.41, 5.74) is 7.95. The highest BCUT2D eigenvalue weighted by atomic mass is 16.1. The van der Waals surface area contributed by atoms with Crippen LogP contribution in [0, 0.1) is 5.92 Å². The van der Waals surface area contributed by atoms with Crippen molar-refractivity contribution in [3.8, 4) is 33.8 Å². The van der Waals surface area contributed by atoms with Gasteiger partial charge in [0.2, 0.25) is 5.91 Å². The minimum Gasteiger partial charge on any atom is -0.338 e. The van der Waals surface area contributed by atoms with Crippen LogP contribution < -0.4 is 5.32 Å². The number of hydrogen-bond donors (Lipinski definition) is 3. The smallest absolute Gasteiger partial charge is 0.227 e. The molecule has 0 unspecified atom stereocenters. The Morgan fingerprint density at radius 2 is 1.82 bits per heavy atom. The molecule has 7 rings (SSSR count). The summed E-state index contributed by atoms with van der Waals surface area (Å²) in [6.45, 7) is 0. The van der Waals surface area contributed by atoms with E-state index in [2.05, 4.69) is 47.6 Å². The third-order valence-corrected chi connectivity index (χ3v) is 7.36. The van der Waals surface area contributed by atoms with E-state index in [-0.39, 0.29) is 11.8 Å². The fourth-order valence-corrected chi connectivity index (χ4v) is 5.40. The number of carbonyl (C=O) groups excluding carboxylic acids is 1. The van der Waals surface area contributed by atoms with Gasteiger partial charge in [-0.15, -0.1) is 0 Å². The van der Waals surface area contributed by atoms with Gasteiger partial charge in [0.25, 0.3) is 0 Å². The van der Waals surface area contributed by atoms with Gasteiger partial charge in [0.05, 0.1) is 28.8 Å². The number of benzene rings is 1. The Labute approximate surface area is 218 Å². The van der Waals surface area contributed by atoms with Crippen LogP contribution in [0.3, 0.4) is 0 Å². The van der Waals surface area contributed by atoms with Gasteiger partial charge in [-0.25, -0.2) is 4.98 Å². The first-order valence-electron chi connectivity index (χ1n) is 12.9. The van der Waals surface area contributed by atoms with Crippen LogP contribution in [0.2, 0.25) is 0 Å². The molecule has 1 saturated carbocycles. The second-order valence-electron chi connectivity index (χ2n) is 9.78. The van der Waals surface area contributed by atoms with Crippen molar-refractivity contribution in [1.82, 2.24) is 30.1 Å². The molecule has 0 aliphatic heterocycles. The van der Waals surface area contributed by atoms with Crippen LogP contribution in [0.5, 0.6) is 0 Å². The average molecular weight is 500 g/mol. The lowest BCUT2D eigenvalue weighted by atomic mass is 10.0. The van der Waals surface area contributed by atoms with Gasteiger partial charge in [-0.1, -0.05) is 25.0 Å². The minimum absolute atomic E-state index is 0.0894. The number of pyridine rings is 3. The SMILES string of the molecule is O=C(Nc1cncc(-c2ccc3[nH]nc(-c4cc5c(-c6ccccn6)ccnc5[nH]4)c3c2)c1)C1CCCC1. The normalized spacial score (nSPS) is 13.9. The number of nitrogens with one attached hydrogen (secondary N) is 3. The Morgan fingerprint density at radius 1 is 0.895 bits per heavy atom. The van der Waals surface area contributed by atoms with Crippen molar-refractivity contribution in [3.05, 3.63) is 79.4 Å². The van der Waals surface area contributed by atoms with Crippen molar-refractivity contribution in [2.75, 3.05) is 5.32 Å². The van der Waals surface area contributed by atoms with Crippen molar-refractivity contribution in [2.24, 2.45) is 5.92 Å². The first-order chi connectivity index (χ1) is 18.7. The van der Waals surface area contributed by atoms with E-state index < -0.39 is 0 Å². The minimum atomic E-state index is 0.0894. The van der Waals surface area contributed by atoms with Gasteiger partial charge in [-0.2, -0.15) is 5.10 Å².